The van der Waals surface area contributed by atoms with Crippen molar-refractivity contribution < 1.29 is 22.1 Å². The lowest BCUT2D eigenvalue weighted by atomic mass is 10.4. The molecule has 0 aromatic carbocycles. The summed E-state index contributed by atoms with van der Waals surface area (Å²) in [7, 11) is 4.07. The van der Waals surface area contributed by atoms with E-state index in [1.165, 1.54) is 17.3 Å². The Morgan fingerprint density at radius 3 is 2.73 bits per heavy atom. The number of amides is 1. The van der Waals surface area contributed by atoms with Gasteiger partial charge in [0.1, 0.15) is 5.69 Å². The summed E-state index contributed by atoms with van der Waals surface area (Å²) in [4.78, 5) is 20.4. The van der Waals surface area contributed by atoms with Crippen LogP contribution in [0.1, 0.15) is 10.5 Å². The third kappa shape index (κ3) is 5.29. The molecule has 0 atom stereocenters. The van der Waals surface area contributed by atoms with Crippen molar-refractivity contribution in [2.75, 3.05) is 27.2 Å². The van der Waals surface area contributed by atoms with Crippen LogP contribution in [0.15, 0.2) is 18.6 Å². The first-order chi connectivity index (χ1) is 6.70. The third-order valence-corrected chi connectivity index (χ3v) is 1.71. The van der Waals surface area contributed by atoms with Crippen LogP contribution in [0.5, 0.6) is 0 Å². The Kier molecular flexibility index (Phi) is 6.57. The van der Waals surface area contributed by atoms with E-state index < -0.39 is 0 Å². The molecule has 0 spiro atoms. The fraction of sp³-hybridized carbons (Fsp3) is 0.444. The van der Waals surface area contributed by atoms with Crippen molar-refractivity contribution >= 4 is 5.91 Å². The van der Waals surface area contributed by atoms with Gasteiger partial charge in [0.05, 0.1) is 33.4 Å². The lowest BCUT2D eigenvalue weighted by Crippen LogP contribution is -3.06. The van der Waals surface area contributed by atoms with Crippen LogP contribution in [0.4, 0.5) is 0 Å². The van der Waals surface area contributed by atoms with Crippen molar-refractivity contribution in [3.8, 4) is 0 Å². The highest BCUT2D eigenvalue weighted by atomic mass is 35.5. The summed E-state index contributed by atoms with van der Waals surface area (Å²) in [5.41, 5.74) is 0.362. The number of aromatic nitrogens is 2. The second-order valence-corrected chi connectivity index (χ2v) is 3.30. The molecule has 0 aliphatic carbocycles. The number of hydrogen-bond acceptors (Lipinski definition) is 3. The second-order valence-electron chi connectivity index (χ2n) is 3.30. The van der Waals surface area contributed by atoms with Crippen LogP contribution in [-0.2, 0) is 0 Å². The van der Waals surface area contributed by atoms with Crippen molar-refractivity contribution in [2.45, 2.75) is 0 Å². The number of hydrogen-bond donors (Lipinski definition) is 2. The number of nitrogens with zero attached hydrogens (tertiary/aromatic N) is 2. The summed E-state index contributed by atoms with van der Waals surface area (Å²) in [5.74, 6) is -0.167. The second kappa shape index (κ2) is 7.14. The van der Waals surface area contributed by atoms with E-state index in [4.69, 9.17) is 0 Å². The maximum absolute atomic E-state index is 11.4. The normalized spacial score (nSPS) is 9.53. The first-order valence-electron chi connectivity index (χ1n) is 4.53. The number of halogens is 1. The van der Waals surface area contributed by atoms with E-state index in [1.807, 2.05) is 14.1 Å². The molecule has 1 aromatic rings. The Hall–Kier alpha value is -1.20. The Balaban J connectivity index is 0.00000196. The van der Waals surface area contributed by atoms with Gasteiger partial charge < -0.3 is 22.6 Å². The van der Waals surface area contributed by atoms with Gasteiger partial charge in [-0.1, -0.05) is 0 Å². The van der Waals surface area contributed by atoms with Gasteiger partial charge in [-0.15, -0.1) is 0 Å². The third-order valence-electron chi connectivity index (χ3n) is 1.71. The van der Waals surface area contributed by atoms with Crippen LogP contribution in [0, 0.1) is 0 Å². The molecule has 6 heteroatoms. The molecule has 1 amide bonds. The Morgan fingerprint density at radius 1 is 1.47 bits per heavy atom. The molecular formula is C9H15ClN4O. The maximum atomic E-state index is 11.4. The standard InChI is InChI=1S/C9H14N4O.ClH/c1-13(2)6-5-12-9(14)8-7-10-3-4-11-8;/h3-4,7H,5-6H2,1-2H3,(H,12,14);1H. The van der Waals surface area contributed by atoms with Crippen molar-refractivity contribution in [2.24, 2.45) is 0 Å². The first-order valence-corrected chi connectivity index (χ1v) is 4.53. The molecular weight excluding hydrogens is 216 g/mol. The number of likely N-dealkylation sites (N-methyl/N-ethyl adjacent to an activating group) is 1. The van der Waals surface area contributed by atoms with Gasteiger partial charge in [-0.25, -0.2) is 4.98 Å². The minimum absolute atomic E-state index is 0. The van der Waals surface area contributed by atoms with Crippen molar-refractivity contribution in [1.29, 1.82) is 0 Å². The van der Waals surface area contributed by atoms with Crippen LogP contribution in [0.3, 0.4) is 0 Å². The summed E-state index contributed by atoms with van der Waals surface area (Å²) in [5, 5.41) is 2.77. The smallest absolute Gasteiger partial charge is 0.271 e. The summed E-state index contributed by atoms with van der Waals surface area (Å²) < 4.78 is 0. The molecule has 0 aliphatic heterocycles. The summed E-state index contributed by atoms with van der Waals surface area (Å²) in [6, 6.07) is 0. The quantitative estimate of drug-likeness (QED) is 0.547. The molecule has 0 saturated carbocycles. The Labute approximate surface area is 95.3 Å². The van der Waals surface area contributed by atoms with E-state index in [2.05, 4.69) is 15.3 Å². The zero-order chi connectivity index (χ0) is 10.4. The van der Waals surface area contributed by atoms with Gasteiger partial charge in [-0.3, -0.25) is 9.78 Å². The van der Waals surface area contributed by atoms with E-state index in [0.717, 1.165) is 6.54 Å². The Bertz CT molecular complexity index is 291. The molecule has 0 fully saturated rings. The summed E-state index contributed by atoms with van der Waals surface area (Å²) >= 11 is 0. The van der Waals surface area contributed by atoms with Crippen molar-refractivity contribution in [1.82, 2.24) is 15.3 Å². The van der Waals surface area contributed by atoms with Gasteiger partial charge in [0.15, 0.2) is 0 Å². The summed E-state index contributed by atoms with van der Waals surface area (Å²) in [6.07, 6.45) is 4.50. The molecule has 84 valence electrons. The SMILES string of the molecule is C[NH+](C)CCNC(=O)c1cnccn1.[Cl-]. The number of rotatable bonds is 4. The maximum Gasteiger partial charge on any atom is 0.271 e. The van der Waals surface area contributed by atoms with Crippen LogP contribution in [0.25, 0.3) is 0 Å². The van der Waals surface area contributed by atoms with Crippen LogP contribution in [0.2, 0.25) is 0 Å². The molecule has 0 radical (unpaired) electrons. The van der Waals surface area contributed by atoms with E-state index >= 15 is 0 Å². The van der Waals surface area contributed by atoms with Gasteiger partial charge in [-0.05, 0) is 0 Å². The fourth-order valence-electron chi connectivity index (χ4n) is 0.933. The predicted molar refractivity (Wildman–Crippen MR) is 52.0 cm³/mol. The first kappa shape index (κ1) is 13.8. The number of nitrogens with one attached hydrogen (secondary N) is 2. The van der Waals surface area contributed by atoms with Crippen molar-refractivity contribution in [3.05, 3.63) is 24.3 Å². The zero-order valence-corrected chi connectivity index (χ0v) is 9.58. The fourth-order valence-corrected chi connectivity index (χ4v) is 0.933. The molecule has 2 N–H and O–H groups in total. The highest BCUT2D eigenvalue weighted by Crippen LogP contribution is 1.88. The zero-order valence-electron chi connectivity index (χ0n) is 8.83. The van der Waals surface area contributed by atoms with E-state index in [0.29, 0.717) is 12.2 Å². The van der Waals surface area contributed by atoms with Gasteiger partial charge >= 0.3 is 0 Å². The number of quaternary nitrogens is 1. The van der Waals surface area contributed by atoms with E-state index in [9.17, 15) is 4.79 Å². The average Bonchev–Trinajstić information content (AvgIpc) is 2.18. The van der Waals surface area contributed by atoms with Crippen molar-refractivity contribution in [3.63, 3.8) is 0 Å². The molecule has 1 heterocycles. The van der Waals surface area contributed by atoms with Gasteiger partial charge in [0.2, 0.25) is 0 Å². The molecule has 1 aromatic heterocycles. The highest BCUT2D eigenvalue weighted by Gasteiger charge is 2.05. The molecule has 0 aliphatic rings. The predicted octanol–water partition coefficient (Wildman–Crippen LogP) is -4.65. The lowest BCUT2D eigenvalue weighted by Gasteiger charge is -2.07. The molecule has 0 bridgehead atoms. The molecule has 5 nitrogen and oxygen atoms in total. The van der Waals surface area contributed by atoms with Crippen LogP contribution < -0.4 is 22.6 Å². The highest BCUT2D eigenvalue weighted by molar-refractivity contribution is 5.91. The molecule has 0 unspecified atom stereocenters. The summed E-state index contributed by atoms with van der Waals surface area (Å²) in [6.45, 7) is 1.55. The van der Waals surface area contributed by atoms with Crippen LogP contribution >= 0.6 is 0 Å². The van der Waals surface area contributed by atoms with Crippen LogP contribution in [-0.4, -0.2) is 43.1 Å². The van der Waals surface area contributed by atoms with E-state index in [1.54, 1.807) is 6.20 Å². The minimum atomic E-state index is -0.167. The largest absolute Gasteiger partial charge is 1.00 e. The monoisotopic (exact) mass is 230 g/mol. The van der Waals surface area contributed by atoms with Gasteiger partial charge in [-0.2, -0.15) is 0 Å². The molecule has 0 saturated heterocycles. The Morgan fingerprint density at radius 2 is 2.20 bits per heavy atom. The number of carbonyl (C=O) groups is 1. The number of carbonyl (C=O) groups excluding carboxylic acids is 1. The van der Waals surface area contributed by atoms with Gasteiger partial charge in [0.25, 0.3) is 5.91 Å². The topological polar surface area (TPSA) is 59.3 Å². The molecule has 15 heavy (non-hydrogen) atoms. The minimum Gasteiger partial charge on any atom is -1.00 e. The van der Waals surface area contributed by atoms with Gasteiger partial charge in [0, 0.05) is 12.4 Å². The lowest BCUT2D eigenvalue weighted by molar-refractivity contribution is -0.856. The van der Waals surface area contributed by atoms with E-state index in [-0.39, 0.29) is 18.3 Å². The average molecular weight is 231 g/mol. The molecule has 1 rings (SSSR count).